The summed E-state index contributed by atoms with van der Waals surface area (Å²) in [5, 5.41) is 11.5. The molecule has 2 aromatic rings. The topological polar surface area (TPSA) is 101 Å². The summed E-state index contributed by atoms with van der Waals surface area (Å²) in [5.74, 6) is 0.935. The van der Waals surface area contributed by atoms with Gasteiger partial charge in [-0.2, -0.15) is 0 Å². The lowest BCUT2D eigenvalue weighted by molar-refractivity contribution is -0.113. The highest BCUT2D eigenvalue weighted by molar-refractivity contribution is 8.01. The Morgan fingerprint density at radius 3 is 3.05 bits per heavy atom. The molecular formula is C12H15N5O2S3. The molecular weight excluding hydrogens is 342 g/mol. The summed E-state index contributed by atoms with van der Waals surface area (Å²) < 4.78 is 0.852. The third-order valence-corrected chi connectivity index (χ3v) is 5.31. The molecule has 118 valence electrons. The molecule has 0 bridgehead atoms. The van der Waals surface area contributed by atoms with Crippen LogP contribution in [-0.4, -0.2) is 37.6 Å². The molecule has 0 fully saturated rings. The van der Waals surface area contributed by atoms with Crippen LogP contribution >= 0.6 is 34.9 Å². The summed E-state index contributed by atoms with van der Waals surface area (Å²) >= 11 is 4.16. The van der Waals surface area contributed by atoms with E-state index in [-0.39, 0.29) is 17.2 Å². The van der Waals surface area contributed by atoms with Crippen molar-refractivity contribution in [3.8, 4) is 0 Å². The minimum absolute atomic E-state index is 0.144. The predicted molar refractivity (Wildman–Crippen MR) is 89.8 cm³/mol. The standard InChI is InChI=1S/C12H15N5O2S3/c1-2-3-6-20-12-17-16-11(22-12)15-9(19)7-21-10-13-5-4-8(18)14-10/h4-5H,2-3,6-7H2,1H3,(H,13,14,18)(H,15,16,19). The maximum atomic E-state index is 11.8. The van der Waals surface area contributed by atoms with Crippen molar-refractivity contribution in [1.82, 2.24) is 20.2 Å². The second kappa shape index (κ2) is 8.91. The van der Waals surface area contributed by atoms with Gasteiger partial charge in [-0.1, -0.05) is 48.2 Å². The monoisotopic (exact) mass is 357 g/mol. The number of nitrogens with zero attached hydrogens (tertiary/aromatic N) is 3. The lowest BCUT2D eigenvalue weighted by Gasteiger charge is -2.00. The van der Waals surface area contributed by atoms with Crippen molar-refractivity contribution in [2.75, 3.05) is 16.8 Å². The van der Waals surface area contributed by atoms with E-state index in [9.17, 15) is 9.59 Å². The molecule has 0 saturated carbocycles. The van der Waals surface area contributed by atoms with E-state index in [1.807, 2.05) is 0 Å². The molecule has 10 heteroatoms. The third-order valence-electron chi connectivity index (χ3n) is 2.36. The number of nitrogens with one attached hydrogen (secondary N) is 2. The Morgan fingerprint density at radius 1 is 1.41 bits per heavy atom. The number of unbranched alkanes of at least 4 members (excludes halogenated alkanes) is 1. The average Bonchev–Trinajstić information content (AvgIpc) is 2.93. The summed E-state index contributed by atoms with van der Waals surface area (Å²) in [6.45, 7) is 2.14. The molecule has 0 aliphatic rings. The van der Waals surface area contributed by atoms with Crippen molar-refractivity contribution in [2.24, 2.45) is 0 Å². The lowest BCUT2D eigenvalue weighted by Crippen LogP contribution is -2.15. The van der Waals surface area contributed by atoms with Crippen molar-refractivity contribution in [3.05, 3.63) is 22.6 Å². The molecule has 0 aromatic carbocycles. The number of anilines is 1. The lowest BCUT2D eigenvalue weighted by atomic mass is 10.4. The van der Waals surface area contributed by atoms with Crippen LogP contribution in [0.25, 0.3) is 0 Å². The zero-order valence-electron chi connectivity index (χ0n) is 11.9. The van der Waals surface area contributed by atoms with Gasteiger partial charge < -0.3 is 4.98 Å². The average molecular weight is 357 g/mol. The van der Waals surface area contributed by atoms with Crippen molar-refractivity contribution in [3.63, 3.8) is 0 Å². The molecule has 0 spiro atoms. The summed E-state index contributed by atoms with van der Waals surface area (Å²) in [4.78, 5) is 29.4. The zero-order chi connectivity index (χ0) is 15.8. The number of thioether (sulfide) groups is 2. The van der Waals surface area contributed by atoms with E-state index in [1.54, 1.807) is 11.8 Å². The zero-order valence-corrected chi connectivity index (χ0v) is 14.3. The molecule has 0 aliphatic carbocycles. The van der Waals surface area contributed by atoms with Crippen LogP contribution in [-0.2, 0) is 4.79 Å². The minimum atomic E-state index is -0.240. The molecule has 2 rings (SSSR count). The molecule has 0 aliphatic heterocycles. The van der Waals surface area contributed by atoms with E-state index in [1.165, 1.54) is 23.6 Å². The van der Waals surface area contributed by atoms with Gasteiger partial charge in [-0.3, -0.25) is 14.9 Å². The highest BCUT2D eigenvalue weighted by Gasteiger charge is 2.09. The van der Waals surface area contributed by atoms with E-state index in [0.717, 1.165) is 34.7 Å². The molecule has 0 unspecified atom stereocenters. The van der Waals surface area contributed by atoms with Crippen LogP contribution in [0.3, 0.4) is 0 Å². The molecule has 1 amide bonds. The number of amides is 1. The Hall–Kier alpha value is -1.39. The van der Waals surface area contributed by atoms with Crippen molar-refractivity contribution >= 4 is 45.9 Å². The Kier molecular flexibility index (Phi) is 6.87. The Labute approximate surface area is 139 Å². The van der Waals surface area contributed by atoms with E-state index in [2.05, 4.69) is 32.4 Å². The molecule has 0 saturated heterocycles. The Balaban J connectivity index is 1.78. The number of aromatic amines is 1. The first-order chi connectivity index (χ1) is 10.7. The summed E-state index contributed by atoms with van der Waals surface area (Å²) in [5.41, 5.74) is -0.240. The van der Waals surface area contributed by atoms with Crippen molar-refractivity contribution < 1.29 is 4.79 Å². The van der Waals surface area contributed by atoms with Crippen LogP contribution < -0.4 is 10.9 Å². The fourth-order valence-corrected chi connectivity index (χ4v) is 3.91. The first-order valence-corrected chi connectivity index (χ1v) is 9.40. The third kappa shape index (κ3) is 5.78. The van der Waals surface area contributed by atoms with Crippen LogP contribution in [0.15, 0.2) is 26.6 Å². The smallest absolute Gasteiger partial charge is 0.251 e. The Morgan fingerprint density at radius 2 is 2.27 bits per heavy atom. The van der Waals surface area contributed by atoms with Gasteiger partial charge in [-0.25, -0.2) is 4.98 Å². The number of carbonyl (C=O) groups is 1. The largest absolute Gasteiger partial charge is 0.301 e. The quantitative estimate of drug-likeness (QED) is 0.323. The van der Waals surface area contributed by atoms with Crippen LogP contribution in [0.4, 0.5) is 5.13 Å². The van der Waals surface area contributed by atoms with E-state index < -0.39 is 0 Å². The van der Waals surface area contributed by atoms with Gasteiger partial charge in [0.05, 0.1) is 5.75 Å². The van der Waals surface area contributed by atoms with Crippen LogP contribution in [0.1, 0.15) is 19.8 Å². The first kappa shape index (κ1) is 17.0. The van der Waals surface area contributed by atoms with Gasteiger partial charge in [-0.05, 0) is 6.42 Å². The highest BCUT2D eigenvalue weighted by atomic mass is 32.2. The first-order valence-electron chi connectivity index (χ1n) is 6.61. The minimum Gasteiger partial charge on any atom is -0.301 e. The maximum Gasteiger partial charge on any atom is 0.251 e. The normalized spacial score (nSPS) is 10.6. The Bertz CT molecular complexity index is 673. The molecule has 2 N–H and O–H groups in total. The molecule has 0 atom stereocenters. The SMILES string of the molecule is CCCCSc1nnc(NC(=O)CSc2nccc(=O)[nH]2)s1. The number of carbonyl (C=O) groups excluding carboxylic acids is 1. The van der Waals surface area contributed by atoms with Gasteiger partial charge in [0.2, 0.25) is 11.0 Å². The van der Waals surface area contributed by atoms with Crippen LogP contribution in [0.5, 0.6) is 0 Å². The predicted octanol–water partition coefficient (Wildman–Crippen LogP) is 2.24. The molecule has 2 aromatic heterocycles. The van der Waals surface area contributed by atoms with Gasteiger partial charge in [-0.15, -0.1) is 10.2 Å². The summed E-state index contributed by atoms with van der Waals surface area (Å²) in [7, 11) is 0. The molecule has 22 heavy (non-hydrogen) atoms. The van der Waals surface area contributed by atoms with E-state index in [0.29, 0.717) is 10.3 Å². The fourth-order valence-electron chi connectivity index (χ4n) is 1.34. The van der Waals surface area contributed by atoms with Crippen molar-refractivity contribution in [1.29, 1.82) is 0 Å². The maximum absolute atomic E-state index is 11.8. The second-order valence-corrected chi connectivity index (χ2v) is 7.43. The van der Waals surface area contributed by atoms with Gasteiger partial charge >= 0.3 is 0 Å². The summed E-state index contributed by atoms with van der Waals surface area (Å²) in [6.07, 6.45) is 3.68. The van der Waals surface area contributed by atoms with E-state index in [4.69, 9.17) is 0 Å². The highest BCUT2D eigenvalue weighted by Crippen LogP contribution is 2.26. The van der Waals surface area contributed by atoms with Gasteiger partial charge in [0.1, 0.15) is 0 Å². The fraction of sp³-hybridized carbons (Fsp3) is 0.417. The molecule has 2 heterocycles. The number of H-pyrrole nitrogens is 1. The number of hydrogen-bond acceptors (Lipinski definition) is 8. The van der Waals surface area contributed by atoms with Gasteiger partial charge in [0, 0.05) is 18.0 Å². The van der Waals surface area contributed by atoms with Crippen LogP contribution in [0.2, 0.25) is 0 Å². The summed E-state index contributed by atoms with van der Waals surface area (Å²) in [6, 6.07) is 1.32. The van der Waals surface area contributed by atoms with Gasteiger partial charge in [0.15, 0.2) is 9.50 Å². The molecule has 0 radical (unpaired) electrons. The molecule has 7 nitrogen and oxygen atoms in total. The van der Waals surface area contributed by atoms with Crippen LogP contribution in [0, 0.1) is 0 Å². The van der Waals surface area contributed by atoms with Crippen molar-refractivity contribution in [2.45, 2.75) is 29.3 Å². The number of rotatable bonds is 8. The van der Waals surface area contributed by atoms with Gasteiger partial charge in [0.25, 0.3) is 5.56 Å². The number of aromatic nitrogens is 4. The second-order valence-electron chi connectivity index (χ2n) is 4.15. The number of hydrogen-bond donors (Lipinski definition) is 2. The van der Waals surface area contributed by atoms with E-state index >= 15 is 0 Å².